The van der Waals surface area contributed by atoms with Crippen LogP contribution >= 0.6 is 0 Å². The number of hydrogen-bond acceptors (Lipinski definition) is 4. The first-order valence-corrected chi connectivity index (χ1v) is 8.87. The summed E-state index contributed by atoms with van der Waals surface area (Å²) in [5, 5.41) is 10.1. The van der Waals surface area contributed by atoms with Crippen LogP contribution in [0.2, 0.25) is 0 Å². The van der Waals surface area contributed by atoms with E-state index in [4.69, 9.17) is 4.74 Å². The van der Waals surface area contributed by atoms with Gasteiger partial charge in [-0.25, -0.2) is 4.98 Å². The van der Waals surface area contributed by atoms with E-state index < -0.39 is 11.7 Å². The topological polar surface area (TPSA) is 45.6 Å². The maximum absolute atomic E-state index is 13.0. The highest BCUT2D eigenvalue weighted by atomic mass is 19.4. The maximum Gasteiger partial charge on any atom is 0.416 e. The number of aliphatic hydroxyl groups is 1. The highest BCUT2D eigenvalue weighted by Crippen LogP contribution is 2.39. The van der Waals surface area contributed by atoms with Crippen LogP contribution in [0.5, 0.6) is 0 Å². The molecule has 2 fully saturated rings. The summed E-state index contributed by atoms with van der Waals surface area (Å²) < 4.78 is 45.3. The van der Waals surface area contributed by atoms with Gasteiger partial charge in [0.05, 0.1) is 23.4 Å². The van der Waals surface area contributed by atoms with Crippen molar-refractivity contribution in [1.29, 1.82) is 0 Å². The molecular formula is C18H25F3N2O2. The highest BCUT2D eigenvalue weighted by molar-refractivity contribution is 5.44. The van der Waals surface area contributed by atoms with Crippen LogP contribution in [-0.4, -0.2) is 41.0 Å². The predicted molar refractivity (Wildman–Crippen MR) is 88.6 cm³/mol. The molecule has 0 aromatic carbocycles. The summed E-state index contributed by atoms with van der Waals surface area (Å²) in [4.78, 5) is 6.17. The lowest BCUT2D eigenvalue weighted by molar-refractivity contribution is -0.171. The largest absolute Gasteiger partial charge is 0.416 e. The van der Waals surface area contributed by atoms with E-state index in [1.165, 1.54) is 0 Å². The van der Waals surface area contributed by atoms with Crippen molar-refractivity contribution < 1.29 is 23.0 Å². The average Bonchev–Trinajstić information content (AvgIpc) is 2.53. The van der Waals surface area contributed by atoms with Crippen molar-refractivity contribution >= 4 is 5.82 Å². The normalized spacial score (nSPS) is 26.9. The first kappa shape index (κ1) is 18.5. The molecular weight excluding hydrogens is 333 g/mol. The summed E-state index contributed by atoms with van der Waals surface area (Å²) in [6.45, 7) is 4.78. The van der Waals surface area contributed by atoms with Gasteiger partial charge in [0.2, 0.25) is 0 Å². The molecule has 2 saturated heterocycles. The zero-order chi connectivity index (χ0) is 18.2. The summed E-state index contributed by atoms with van der Waals surface area (Å²) in [6.07, 6.45) is -1.16. The van der Waals surface area contributed by atoms with E-state index in [9.17, 15) is 18.3 Å². The molecule has 0 radical (unpaired) electrons. The molecule has 4 nitrogen and oxygen atoms in total. The number of piperidine rings is 1. The summed E-state index contributed by atoms with van der Waals surface area (Å²) in [5.74, 6) is 0.366. The number of anilines is 1. The van der Waals surface area contributed by atoms with E-state index in [1.54, 1.807) is 6.92 Å². The SMILES string of the molecule is CC[C@H]1C[C@@H](O)CC2(CCN(c3cc(C(F)(F)F)cc(C)n3)CC2)O1. The van der Waals surface area contributed by atoms with Gasteiger partial charge in [-0.1, -0.05) is 6.92 Å². The summed E-state index contributed by atoms with van der Waals surface area (Å²) in [5.41, 5.74) is -0.655. The third kappa shape index (κ3) is 4.08. The van der Waals surface area contributed by atoms with Crippen molar-refractivity contribution in [2.24, 2.45) is 0 Å². The molecule has 25 heavy (non-hydrogen) atoms. The third-order valence-corrected chi connectivity index (χ3v) is 5.28. The zero-order valence-electron chi connectivity index (χ0n) is 14.6. The highest BCUT2D eigenvalue weighted by Gasteiger charge is 2.43. The number of aliphatic hydroxyl groups excluding tert-OH is 1. The molecule has 0 aliphatic carbocycles. The van der Waals surface area contributed by atoms with Crippen molar-refractivity contribution in [3.05, 3.63) is 23.4 Å². The minimum absolute atomic E-state index is 0.0595. The molecule has 2 atom stereocenters. The van der Waals surface area contributed by atoms with Gasteiger partial charge in [-0.05, 0) is 44.7 Å². The molecule has 2 aliphatic rings. The summed E-state index contributed by atoms with van der Waals surface area (Å²) >= 11 is 0. The Morgan fingerprint density at radius 2 is 2.00 bits per heavy atom. The number of pyridine rings is 1. The van der Waals surface area contributed by atoms with E-state index in [2.05, 4.69) is 4.98 Å². The molecule has 3 rings (SSSR count). The molecule has 0 amide bonds. The Bertz CT molecular complexity index is 613. The number of aromatic nitrogens is 1. The van der Waals surface area contributed by atoms with Gasteiger partial charge in [-0.3, -0.25) is 0 Å². The molecule has 7 heteroatoms. The zero-order valence-corrected chi connectivity index (χ0v) is 14.6. The first-order valence-electron chi connectivity index (χ1n) is 8.87. The number of aryl methyl sites for hydroxylation is 1. The average molecular weight is 358 g/mol. The molecule has 0 bridgehead atoms. The van der Waals surface area contributed by atoms with Crippen molar-refractivity contribution in [2.45, 2.75) is 69.9 Å². The lowest BCUT2D eigenvalue weighted by atomic mass is 9.81. The Kier molecular flexibility index (Phi) is 4.99. The molecule has 1 aromatic heterocycles. The molecule has 0 saturated carbocycles. The van der Waals surface area contributed by atoms with E-state index in [0.717, 1.165) is 18.6 Å². The number of alkyl halides is 3. The monoisotopic (exact) mass is 358 g/mol. The third-order valence-electron chi connectivity index (χ3n) is 5.28. The van der Waals surface area contributed by atoms with Crippen molar-refractivity contribution in [3.63, 3.8) is 0 Å². The van der Waals surface area contributed by atoms with E-state index >= 15 is 0 Å². The standard InChI is InChI=1S/C18H25F3N2O2/c1-3-15-10-14(24)11-17(25-15)4-6-23(7-5-17)16-9-13(18(19,20)21)8-12(2)22-16/h8-9,14-15,24H,3-7,10-11H2,1-2H3/t14-,15+/m1/s1. The summed E-state index contributed by atoms with van der Waals surface area (Å²) in [7, 11) is 0. The fraction of sp³-hybridized carbons (Fsp3) is 0.722. The van der Waals surface area contributed by atoms with Crippen LogP contribution in [0.3, 0.4) is 0 Å². The Hall–Kier alpha value is -1.34. The van der Waals surface area contributed by atoms with Crippen molar-refractivity contribution in [2.75, 3.05) is 18.0 Å². The Morgan fingerprint density at radius 3 is 2.60 bits per heavy atom. The quantitative estimate of drug-likeness (QED) is 0.876. The van der Waals surface area contributed by atoms with Crippen LogP contribution < -0.4 is 4.90 Å². The minimum atomic E-state index is -4.37. The first-order chi connectivity index (χ1) is 11.7. The van der Waals surface area contributed by atoms with Crippen LogP contribution in [0.25, 0.3) is 0 Å². The molecule has 1 N–H and O–H groups in total. The van der Waals surface area contributed by atoms with Gasteiger partial charge in [0, 0.05) is 25.2 Å². The predicted octanol–water partition coefficient (Wildman–Crippen LogP) is 3.70. The number of rotatable bonds is 2. The molecule has 140 valence electrons. The molecule has 1 spiro atoms. The lowest BCUT2D eigenvalue weighted by Gasteiger charge is -2.48. The number of hydrogen-bond donors (Lipinski definition) is 1. The molecule has 3 heterocycles. The van der Waals surface area contributed by atoms with Crippen LogP contribution in [0.1, 0.15) is 50.3 Å². The molecule has 0 unspecified atom stereocenters. The van der Waals surface area contributed by atoms with Crippen LogP contribution in [0, 0.1) is 6.92 Å². The lowest BCUT2D eigenvalue weighted by Crippen LogP contribution is -2.53. The van der Waals surface area contributed by atoms with E-state index in [-0.39, 0.29) is 17.8 Å². The van der Waals surface area contributed by atoms with E-state index in [0.29, 0.717) is 50.3 Å². The van der Waals surface area contributed by atoms with Crippen LogP contribution in [0.15, 0.2) is 12.1 Å². The second kappa shape index (κ2) is 6.76. The second-order valence-corrected chi connectivity index (χ2v) is 7.26. The van der Waals surface area contributed by atoms with Crippen molar-refractivity contribution in [1.82, 2.24) is 4.98 Å². The van der Waals surface area contributed by atoms with Gasteiger partial charge in [0.25, 0.3) is 0 Å². The van der Waals surface area contributed by atoms with Gasteiger partial charge in [0.1, 0.15) is 5.82 Å². The van der Waals surface area contributed by atoms with Crippen LogP contribution in [0.4, 0.5) is 19.0 Å². The fourth-order valence-electron chi connectivity index (χ4n) is 3.96. The Morgan fingerprint density at radius 1 is 1.32 bits per heavy atom. The molecule has 2 aliphatic heterocycles. The summed E-state index contributed by atoms with van der Waals surface area (Å²) in [6, 6.07) is 2.19. The Balaban J connectivity index is 1.73. The maximum atomic E-state index is 13.0. The van der Waals surface area contributed by atoms with Crippen molar-refractivity contribution in [3.8, 4) is 0 Å². The Labute approximate surface area is 146 Å². The number of halogens is 3. The van der Waals surface area contributed by atoms with E-state index in [1.807, 2.05) is 11.8 Å². The van der Waals surface area contributed by atoms with Gasteiger partial charge < -0.3 is 14.7 Å². The number of ether oxygens (including phenoxy) is 1. The minimum Gasteiger partial charge on any atom is -0.393 e. The van der Waals surface area contributed by atoms with Gasteiger partial charge in [-0.2, -0.15) is 13.2 Å². The molecule has 1 aromatic rings. The smallest absolute Gasteiger partial charge is 0.393 e. The van der Waals surface area contributed by atoms with Gasteiger partial charge in [-0.15, -0.1) is 0 Å². The second-order valence-electron chi connectivity index (χ2n) is 7.26. The number of nitrogens with zero attached hydrogens (tertiary/aromatic N) is 2. The van der Waals surface area contributed by atoms with Crippen LogP contribution in [-0.2, 0) is 10.9 Å². The van der Waals surface area contributed by atoms with Gasteiger partial charge in [0.15, 0.2) is 0 Å². The fourth-order valence-corrected chi connectivity index (χ4v) is 3.96. The van der Waals surface area contributed by atoms with Gasteiger partial charge >= 0.3 is 6.18 Å².